The first kappa shape index (κ1) is 25.7. The van der Waals surface area contributed by atoms with Crippen molar-refractivity contribution < 1.29 is 22.8 Å². The molecule has 1 amide bonds. The minimum Gasteiger partial charge on any atom is -0.306 e. The van der Waals surface area contributed by atoms with Crippen molar-refractivity contribution in [3.8, 4) is 5.69 Å². The molecule has 184 valence electrons. The quantitative estimate of drug-likeness (QED) is 0.210. The SMILES string of the molecule is O=C(Nc1ncc(Cl)cc1C(=O)c1cnn(-c2ccc(Cl)c(C(F)(F)F)c2)c1)c1cccc(CCl)c1. The molecule has 0 saturated heterocycles. The van der Waals surface area contributed by atoms with Gasteiger partial charge in [0.05, 0.1) is 38.6 Å². The van der Waals surface area contributed by atoms with Gasteiger partial charge >= 0.3 is 6.18 Å². The molecule has 0 radical (unpaired) electrons. The lowest BCUT2D eigenvalue weighted by atomic mass is 10.1. The minimum atomic E-state index is -4.66. The van der Waals surface area contributed by atoms with E-state index >= 15 is 0 Å². The van der Waals surface area contributed by atoms with Crippen molar-refractivity contribution in [1.29, 1.82) is 0 Å². The molecule has 0 aliphatic rings. The standard InChI is InChI=1S/C24H14Cl3F3N4O2/c25-9-13-2-1-3-14(6-13)23(36)33-22-18(7-16(26)11-31-22)21(35)15-10-32-34(12-15)17-4-5-20(27)19(8-17)24(28,29)30/h1-8,10-12H,9H2,(H,31,33,36). The minimum absolute atomic E-state index is 0.0298. The van der Waals surface area contributed by atoms with Crippen LogP contribution in [-0.2, 0) is 12.1 Å². The second-order valence-corrected chi connectivity index (χ2v) is 8.61. The Kier molecular flexibility index (Phi) is 7.35. The molecular weight excluding hydrogens is 540 g/mol. The van der Waals surface area contributed by atoms with E-state index in [0.29, 0.717) is 5.56 Å². The normalized spacial score (nSPS) is 11.4. The molecule has 4 aromatic rings. The number of hydrogen-bond donors (Lipinski definition) is 1. The number of anilines is 1. The van der Waals surface area contributed by atoms with Gasteiger partial charge in [0.1, 0.15) is 5.82 Å². The maximum absolute atomic E-state index is 13.2. The predicted octanol–water partition coefficient (Wildman–Crippen LogP) is 6.82. The number of alkyl halides is 4. The first-order valence-electron chi connectivity index (χ1n) is 10.1. The van der Waals surface area contributed by atoms with Crippen molar-refractivity contribution in [3.63, 3.8) is 0 Å². The van der Waals surface area contributed by atoms with Gasteiger partial charge < -0.3 is 5.32 Å². The van der Waals surface area contributed by atoms with Gasteiger partial charge in [0.25, 0.3) is 5.91 Å². The molecule has 2 heterocycles. The maximum Gasteiger partial charge on any atom is 0.417 e. The van der Waals surface area contributed by atoms with Crippen LogP contribution in [0.5, 0.6) is 0 Å². The Morgan fingerprint density at radius 3 is 2.50 bits per heavy atom. The van der Waals surface area contributed by atoms with Crippen LogP contribution in [0.15, 0.2) is 67.1 Å². The largest absolute Gasteiger partial charge is 0.417 e. The summed E-state index contributed by atoms with van der Waals surface area (Å²) in [6.45, 7) is 0. The number of carbonyl (C=O) groups excluding carboxylic acids is 2. The van der Waals surface area contributed by atoms with E-state index in [1.165, 1.54) is 30.7 Å². The van der Waals surface area contributed by atoms with Crippen LogP contribution in [0.3, 0.4) is 0 Å². The predicted molar refractivity (Wildman–Crippen MR) is 130 cm³/mol. The summed E-state index contributed by atoms with van der Waals surface area (Å²) in [4.78, 5) is 30.1. The Hall–Kier alpha value is -3.40. The Morgan fingerprint density at radius 2 is 1.78 bits per heavy atom. The Labute approximate surface area is 217 Å². The number of nitrogens with zero attached hydrogens (tertiary/aromatic N) is 3. The summed E-state index contributed by atoms with van der Waals surface area (Å²) in [6, 6.07) is 11.2. The molecule has 0 spiro atoms. The highest BCUT2D eigenvalue weighted by Crippen LogP contribution is 2.35. The highest BCUT2D eigenvalue weighted by atomic mass is 35.5. The molecule has 0 aliphatic carbocycles. The van der Waals surface area contributed by atoms with Crippen LogP contribution >= 0.6 is 34.8 Å². The van der Waals surface area contributed by atoms with Gasteiger partial charge in [-0.2, -0.15) is 18.3 Å². The van der Waals surface area contributed by atoms with Crippen LogP contribution in [0.2, 0.25) is 10.0 Å². The Morgan fingerprint density at radius 1 is 1.00 bits per heavy atom. The molecule has 1 N–H and O–H groups in total. The summed E-state index contributed by atoms with van der Waals surface area (Å²) in [5, 5.41) is 6.26. The van der Waals surface area contributed by atoms with Gasteiger partial charge in [0.2, 0.25) is 0 Å². The topological polar surface area (TPSA) is 76.9 Å². The Balaban J connectivity index is 1.64. The van der Waals surface area contributed by atoms with Crippen molar-refractivity contribution in [2.45, 2.75) is 12.1 Å². The average Bonchev–Trinajstić information content (AvgIpc) is 3.34. The molecule has 0 saturated carbocycles. The second-order valence-electron chi connectivity index (χ2n) is 7.50. The lowest BCUT2D eigenvalue weighted by molar-refractivity contribution is -0.137. The van der Waals surface area contributed by atoms with Gasteiger partial charge in [-0.1, -0.05) is 35.3 Å². The van der Waals surface area contributed by atoms with Crippen LogP contribution in [0, 0.1) is 0 Å². The number of aromatic nitrogens is 3. The van der Waals surface area contributed by atoms with Gasteiger partial charge in [0.15, 0.2) is 5.78 Å². The van der Waals surface area contributed by atoms with Crippen molar-refractivity contribution >= 4 is 52.3 Å². The monoisotopic (exact) mass is 552 g/mol. The molecular formula is C24H14Cl3F3N4O2. The molecule has 2 aromatic heterocycles. The fourth-order valence-electron chi connectivity index (χ4n) is 3.30. The highest BCUT2D eigenvalue weighted by Gasteiger charge is 2.33. The maximum atomic E-state index is 13.2. The molecule has 4 rings (SSSR count). The van der Waals surface area contributed by atoms with Crippen LogP contribution in [0.25, 0.3) is 5.69 Å². The summed E-state index contributed by atoms with van der Waals surface area (Å²) in [5.74, 6) is -0.968. The fraction of sp³-hybridized carbons (Fsp3) is 0.0833. The van der Waals surface area contributed by atoms with Crippen molar-refractivity contribution in [2.75, 3.05) is 5.32 Å². The number of nitrogens with one attached hydrogen (secondary N) is 1. The van der Waals surface area contributed by atoms with Gasteiger partial charge in [-0.15, -0.1) is 11.6 Å². The number of ketones is 1. The third kappa shape index (κ3) is 5.53. The van der Waals surface area contributed by atoms with E-state index in [1.54, 1.807) is 24.3 Å². The van der Waals surface area contributed by atoms with Gasteiger partial charge in [0, 0.05) is 23.8 Å². The lowest BCUT2D eigenvalue weighted by Gasteiger charge is -2.11. The summed E-state index contributed by atoms with van der Waals surface area (Å²) >= 11 is 17.5. The zero-order valence-corrected chi connectivity index (χ0v) is 20.3. The number of pyridine rings is 1. The third-order valence-corrected chi connectivity index (χ3v) is 5.88. The van der Waals surface area contributed by atoms with Crippen LogP contribution in [-0.4, -0.2) is 26.5 Å². The zero-order chi connectivity index (χ0) is 26.0. The van der Waals surface area contributed by atoms with Crippen LogP contribution in [0.4, 0.5) is 19.0 Å². The lowest BCUT2D eigenvalue weighted by Crippen LogP contribution is -2.16. The molecule has 0 unspecified atom stereocenters. The van der Waals surface area contributed by atoms with Gasteiger partial charge in [-0.05, 0) is 42.0 Å². The van der Waals surface area contributed by atoms with E-state index in [-0.39, 0.29) is 33.5 Å². The van der Waals surface area contributed by atoms with E-state index in [4.69, 9.17) is 34.8 Å². The van der Waals surface area contributed by atoms with E-state index in [9.17, 15) is 22.8 Å². The van der Waals surface area contributed by atoms with Crippen LogP contribution < -0.4 is 5.32 Å². The molecule has 0 atom stereocenters. The molecule has 0 aliphatic heterocycles. The molecule has 12 heteroatoms. The first-order chi connectivity index (χ1) is 17.1. The van der Waals surface area contributed by atoms with E-state index in [0.717, 1.165) is 22.4 Å². The molecule has 0 bridgehead atoms. The van der Waals surface area contributed by atoms with Gasteiger partial charge in [-0.3, -0.25) is 9.59 Å². The van der Waals surface area contributed by atoms with E-state index in [2.05, 4.69) is 15.4 Å². The first-order valence-corrected chi connectivity index (χ1v) is 11.4. The third-order valence-electron chi connectivity index (χ3n) is 5.04. The summed E-state index contributed by atoms with van der Waals surface area (Å²) in [5.41, 5.74) is 0.0421. The number of halogens is 6. The molecule has 2 aromatic carbocycles. The number of hydrogen-bond acceptors (Lipinski definition) is 4. The van der Waals surface area contributed by atoms with Crippen LogP contribution in [0.1, 0.15) is 37.4 Å². The van der Waals surface area contributed by atoms with E-state index in [1.807, 2.05) is 0 Å². The Bertz CT molecular complexity index is 1470. The molecule has 6 nitrogen and oxygen atoms in total. The van der Waals surface area contributed by atoms with Crippen molar-refractivity contribution in [2.24, 2.45) is 0 Å². The summed E-state index contributed by atoms with van der Waals surface area (Å²) in [7, 11) is 0. The van der Waals surface area contributed by atoms with E-state index < -0.39 is 28.5 Å². The summed E-state index contributed by atoms with van der Waals surface area (Å²) < 4.78 is 40.8. The highest BCUT2D eigenvalue weighted by molar-refractivity contribution is 6.31. The van der Waals surface area contributed by atoms with Gasteiger partial charge in [-0.25, -0.2) is 9.67 Å². The molecule has 36 heavy (non-hydrogen) atoms. The zero-order valence-electron chi connectivity index (χ0n) is 18.0. The van der Waals surface area contributed by atoms with Crippen molar-refractivity contribution in [3.05, 3.63) is 105 Å². The second kappa shape index (κ2) is 10.3. The summed E-state index contributed by atoms with van der Waals surface area (Å²) in [6.07, 6.45) is -0.969. The molecule has 0 fully saturated rings. The van der Waals surface area contributed by atoms with Crippen molar-refractivity contribution in [1.82, 2.24) is 14.8 Å². The number of carbonyl (C=O) groups is 2. The number of amides is 1. The number of benzene rings is 2. The number of rotatable bonds is 6. The smallest absolute Gasteiger partial charge is 0.306 e. The fourth-order valence-corrected chi connectivity index (χ4v) is 3.85. The average molecular weight is 554 g/mol.